The van der Waals surface area contributed by atoms with Gasteiger partial charge in [0.1, 0.15) is 5.82 Å². The van der Waals surface area contributed by atoms with Crippen LogP contribution in [0.1, 0.15) is 17.2 Å². The Bertz CT molecular complexity index is 601. The third kappa shape index (κ3) is 3.03. The highest BCUT2D eigenvalue weighted by molar-refractivity contribution is 6.42. The van der Waals surface area contributed by atoms with Gasteiger partial charge >= 0.3 is 0 Å². The second-order valence-electron chi connectivity index (χ2n) is 4.04. The number of halogens is 4. The first-order chi connectivity index (χ1) is 9.04. The Morgan fingerprint density at radius 3 is 2.42 bits per heavy atom. The van der Waals surface area contributed by atoms with Crippen molar-refractivity contribution >= 4 is 34.8 Å². The number of hydrogen-bond acceptors (Lipinski definition) is 1. The normalized spacial score (nSPS) is 12.5. The fourth-order valence-corrected chi connectivity index (χ4v) is 2.54. The van der Waals surface area contributed by atoms with Crippen LogP contribution in [0.4, 0.5) is 4.39 Å². The van der Waals surface area contributed by atoms with Gasteiger partial charge in [-0.25, -0.2) is 4.39 Å². The maximum absolute atomic E-state index is 13.2. The predicted molar refractivity (Wildman–Crippen MR) is 78.8 cm³/mol. The van der Waals surface area contributed by atoms with Crippen molar-refractivity contribution < 1.29 is 4.39 Å². The third-order valence-corrected chi connectivity index (χ3v) is 3.98. The lowest BCUT2D eigenvalue weighted by atomic mass is 9.99. The molecule has 0 spiro atoms. The van der Waals surface area contributed by atoms with Crippen LogP contribution in [-0.4, -0.2) is 7.05 Å². The lowest BCUT2D eigenvalue weighted by Gasteiger charge is -2.19. The Labute approximate surface area is 126 Å². The zero-order valence-electron chi connectivity index (χ0n) is 10.1. The molecule has 0 saturated carbocycles. The molecule has 0 aromatic heterocycles. The van der Waals surface area contributed by atoms with Gasteiger partial charge in [-0.1, -0.05) is 53.0 Å². The fourth-order valence-electron chi connectivity index (χ4n) is 1.94. The van der Waals surface area contributed by atoms with Gasteiger partial charge in [-0.3, -0.25) is 0 Å². The molecule has 0 aliphatic carbocycles. The van der Waals surface area contributed by atoms with E-state index in [9.17, 15) is 4.39 Å². The molecule has 1 N–H and O–H groups in total. The van der Waals surface area contributed by atoms with Crippen LogP contribution >= 0.6 is 34.8 Å². The number of benzene rings is 2. The predicted octanol–water partition coefficient (Wildman–Crippen LogP) is 5.09. The van der Waals surface area contributed by atoms with E-state index in [-0.39, 0.29) is 11.1 Å². The standard InChI is InChI=1S/C14H11Cl3FN/c1-19-14(8-5-6-12(18)11(16)7-8)9-3-2-4-10(15)13(9)17/h2-7,14,19H,1H3. The molecule has 1 unspecified atom stereocenters. The molecule has 100 valence electrons. The third-order valence-electron chi connectivity index (χ3n) is 2.86. The average Bonchev–Trinajstić information content (AvgIpc) is 2.39. The van der Waals surface area contributed by atoms with E-state index < -0.39 is 5.82 Å². The van der Waals surface area contributed by atoms with Gasteiger partial charge in [0.25, 0.3) is 0 Å². The summed E-state index contributed by atoms with van der Waals surface area (Å²) in [5.74, 6) is -0.447. The van der Waals surface area contributed by atoms with E-state index in [2.05, 4.69) is 5.32 Å². The first-order valence-electron chi connectivity index (χ1n) is 5.60. The van der Waals surface area contributed by atoms with E-state index in [0.29, 0.717) is 10.0 Å². The molecule has 0 heterocycles. The van der Waals surface area contributed by atoms with Crippen molar-refractivity contribution in [2.24, 2.45) is 0 Å². The van der Waals surface area contributed by atoms with Gasteiger partial charge in [-0.05, 0) is 36.4 Å². The molecular weight excluding hydrogens is 308 g/mol. The Morgan fingerprint density at radius 2 is 1.79 bits per heavy atom. The zero-order chi connectivity index (χ0) is 14.0. The van der Waals surface area contributed by atoms with Crippen LogP contribution in [0, 0.1) is 5.82 Å². The van der Waals surface area contributed by atoms with Crippen molar-refractivity contribution in [3.8, 4) is 0 Å². The lowest BCUT2D eigenvalue weighted by molar-refractivity contribution is 0.624. The van der Waals surface area contributed by atoms with Crippen LogP contribution in [0.25, 0.3) is 0 Å². The molecule has 2 aromatic rings. The highest BCUT2D eigenvalue weighted by Crippen LogP contribution is 2.34. The minimum Gasteiger partial charge on any atom is -0.309 e. The number of hydrogen-bond donors (Lipinski definition) is 1. The van der Waals surface area contributed by atoms with E-state index in [4.69, 9.17) is 34.8 Å². The Morgan fingerprint density at radius 1 is 1.05 bits per heavy atom. The minimum absolute atomic E-state index is 0.0795. The van der Waals surface area contributed by atoms with Gasteiger partial charge in [0.2, 0.25) is 0 Å². The van der Waals surface area contributed by atoms with Crippen LogP contribution < -0.4 is 5.32 Å². The molecule has 2 rings (SSSR count). The van der Waals surface area contributed by atoms with E-state index in [1.165, 1.54) is 6.07 Å². The minimum atomic E-state index is -0.447. The van der Waals surface area contributed by atoms with Gasteiger partial charge < -0.3 is 5.32 Å². The van der Waals surface area contributed by atoms with Gasteiger partial charge in [-0.2, -0.15) is 0 Å². The summed E-state index contributed by atoms with van der Waals surface area (Å²) in [5.41, 5.74) is 1.64. The molecule has 2 aromatic carbocycles. The Kier molecular flexibility index (Phi) is 4.69. The molecule has 0 aliphatic rings. The summed E-state index contributed by atoms with van der Waals surface area (Å²) in [6, 6.07) is 9.78. The highest BCUT2D eigenvalue weighted by atomic mass is 35.5. The van der Waals surface area contributed by atoms with Gasteiger partial charge in [0, 0.05) is 0 Å². The maximum atomic E-state index is 13.2. The van der Waals surface area contributed by atoms with Crippen molar-refractivity contribution in [2.45, 2.75) is 6.04 Å². The highest BCUT2D eigenvalue weighted by Gasteiger charge is 2.17. The molecule has 19 heavy (non-hydrogen) atoms. The summed E-state index contributed by atoms with van der Waals surface area (Å²) < 4.78 is 13.2. The molecule has 0 bridgehead atoms. The second-order valence-corrected chi connectivity index (χ2v) is 5.23. The molecule has 1 nitrogen and oxygen atoms in total. The van der Waals surface area contributed by atoms with Crippen LogP contribution in [0.5, 0.6) is 0 Å². The molecular formula is C14H11Cl3FN. The molecule has 0 radical (unpaired) electrons. The van der Waals surface area contributed by atoms with Gasteiger partial charge in [-0.15, -0.1) is 0 Å². The SMILES string of the molecule is CNC(c1ccc(F)c(Cl)c1)c1cccc(Cl)c1Cl. The maximum Gasteiger partial charge on any atom is 0.141 e. The average molecular weight is 319 g/mol. The van der Waals surface area contributed by atoms with Gasteiger partial charge in [0.15, 0.2) is 0 Å². The molecule has 5 heteroatoms. The van der Waals surface area contributed by atoms with E-state index in [1.54, 1.807) is 25.2 Å². The molecule has 0 saturated heterocycles. The van der Waals surface area contributed by atoms with Crippen molar-refractivity contribution in [1.82, 2.24) is 5.32 Å². The molecule has 0 fully saturated rings. The lowest BCUT2D eigenvalue weighted by Crippen LogP contribution is -2.18. The van der Waals surface area contributed by atoms with Crippen molar-refractivity contribution in [2.75, 3.05) is 7.05 Å². The quantitative estimate of drug-likeness (QED) is 0.830. The first kappa shape index (κ1) is 14.6. The van der Waals surface area contributed by atoms with Crippen molar-refractivity contribution in [1.29, 1.82) is 0 Å². The summed E-state index contributed by atoms with van der Waals surface area (Å²) in [6.07, 6.45) is 0. The summed E-state index contributed by atoms with van der Waals surface area (Å²) >= 11 is 18.0. The summed E-state index contributed by atoms with van der Waals surface area (Å²) in [5, 5.41) is 4.16. The topological polar surface area (TPSA) is 12.0 Å². The Balaban J connectivity index is 2.50. The van der Waals surface area contributed by atoms with Gasteiger partial charge in [0.05, 0.1) is 21.1 Å². The van der Waals surface area contributed by atoms with Crippen LogP contribution in [0.15, 0.2) is 36.4 Å². The van der Waals surface area contributed by atoms with E-state index >= 15 is 0 Å². The van der Waals surface area contributed by atoms with Crippen LogP contribution in [0.2, 0.25) is 15.1 Å². The van der Waals surface area contributed by atoms with E-state index in [0.717, 1.165) is 11.1 Å². The summed E-state index contributed by atoms with van der Waals surface area (Å²) in [6.45, 7) is 0. The zero-order valence-corrected chi connectivity index (χ0v) is 12.3. The van der Waals surface area contributed by atoms with Crippen LogP contribution in [-0.2, 0) is 0 Å². The molecule has 0 aliphatic heterocycles. The Hall–Kier alpha value is -0.800. The number of nitrogens with one attached hydrogen (secondary N) is 1. The van der Waals surface area contributed by atoms with Crippen molar-refractivity contribution in [3.63, 3.8) is 0 Å². The summed E-state index contributed by atoms with van der Waals surface area (Å²) in [4.78, 5) is 0. The molecule has 0 amide bonds. The first-order valence-corrected chi connectivity index (χ1v) is 6.74. The second kappa shape index (κ2) is 6.10. The monoisotopic (exact) mass is 317 g/mol. The molecule has 1 atom stereocenters. The summed E-state index contributed by atoms with van der Waals surface area (Å²) in [7, 11) is 1.79. The fraction of sp³-hybridized carbons (Fsp3) is 0.143. The van der Waals surface area contributed by atoms with Crippen molar-refractivity contribution in [3.05, 3.63) is 68.4 Å². The smallest absolute Gasteiger partial charge is 0.141 e. The largest absolute Gasteiger partial charge is 0.309 e. The van der Waals surface area contributed by atoms with E-state index in [1.807, 2.05) is 12.1 Å². The van der Waals surface area contributed by atoms with Crippen LogP contribution in [0.3, 0.4) is 0 Å². The number of rotatable bonds is 3.